The van der Waals surface area contributed by atoms with Gasteiger partial charge in [0.2, 0.25) is 0 Å². The molecule has 0 aliphatic heterocycles. The van der Waals surface area contributed by atoms with Crippen LogP contribution in [-0.4, -0.2) is 22.9 Å². The fourth-order valence-electron chi connectivity index (χ4n) is 1.16. The molecule has 1 aromatic heterocycles. The van der Waals surface area contributed by atoms with E-state index in [1.54, 1.807) is 13.0 Å². The lowest BCUT2D eigenvalue weighted by molar-refractivity contribution is -0.176. The van der Waals surface area contributed by atoms with Crippen molar-refractivity contribution in [1.29, 1.82) is 0 Å². The summed E-state index contributed by atoms with van der Waals surface area (Å²) >= 11 is 0. The second kappa shape index (κ2) is 5.27. The molecule has 0 radical (unpaired) electrons. The molecule has 0 bridgehead atoms. The molecule has 1 rings (SSSR count). The molecule has 1 N–H and O–H groups in total. The third-order valence-corrected chi connectivity index (χ3v) is 1.93. The quantitative estimate of drug-likeness (QED) is 0.867. The van der Waals surface area contributed by atoms with E-state index in [-0.39, 0.29) is 13.2 Å². The first kappa shape index (κ1) is 12.9. The zero-order valence-corrected chi connectivity index (χ0v) is 8.71. The van der Waals surface area contributed by atoms with Gasteiger partial charge in [-0.25, -0.2) is 0 Å². The maximum absolute atomic E-state index is 11.8. The number of aliphatic hydroxyl groups excluding tert-OH is 1. The molecule has 0 aromatic carbocycles. The Labute approximate surface area is 90.9 Å². The average molecular weight is 235 g/mol. The van der Waals surface area contributed by atoms with Gasteiger partial charge >= 0.3 is 6.18 Å². The largest absolute Gasteiger partial charge is 0.411 e. The Kier molecular flexibility index (Phi) is 4.26. The van der Waals surface area contributed by atoms with Crippen LogP contribution in [0, 0.1) is 6.92 Å². The van der Waals surface area contributed by atoms with Gasteiger partial charge in [-0.05, 0) is 18.1 Å². The minimum Gasteiger partial charge on any atom is -0.392 e. The smallest absolute Gasteiger partial charge is 0.392 e. The molecule has 0 fully saturated rings. The van der Waals surface area contributed by atoms with Crippen molar-refractivity contribution in [3.05, 3.63) is 29.1 Å². The molecule has 0 saturated heterocycles. The number of hydrogen-bond donors (Lipinski definition) is 1. The topological polar surface area (TPSA) is 42.4 Å². The molecule has 0 aliphatic carbocycles. The summed E-state index contributed by atoms with van der Waals surface area (Å²) in [5.41, 5.74) is 1.77. The summed E-state index contributed by atoms with van der Waals surface area (Å²) in [7, 11) is 0. The van der Waals surface area contributed by atoms with Gasteiger partial charge in [-0.3, -0.25) is 4.98 Å². The van der Waals surface area contributed by atoms with Crippen LogP contribution < -0.4 is 0 Å². The van der Waals surface area contributed by atoms with Crippen LogP contribution in [-0.2, 0) is 18.0 Å². The predicted octanol–water partition coefficient (Wildman–Crippen LogP) is 1.96. The molecule has 1 heterocycles. The van der Waals surface area contributed by atoms with E-state index in [2.05, 4.69) is 9.72 Å². The standard InChI is InChI=1S/C10H12F3NO2/c1-7-2-8(4-15)3-14-9(7)5-16-6-10(11,12)13/h2-3,15H,4-6H2,1H3. The van der Waals surface area contributed by atoms with E-state index >= 15 is 0 Å². The van der Waals surface area contributed by atoms with Crippen LogP contribution in [0.4, 0.5) is 13.2 Å². The average Bonchev–Trinajstić information content (AvgIpc) is 2.18. The van der Waals surface area contributed by atoms with Crippen LogP contribution in [0.15, 0.2) is 12.3 Å². The van der Waals surface area contributed by atoms with Crippen LogP contribution in [0.5, 0.6) is 0 Å². The molecular weight excluding hydrogens is 223 g/mol. The first-order valence-electron chi connectivity index (χ1n) is 4.62. The summed E-state index contributed by atoms with van der Waals surface area (Å²) in [5.74, 6) is 0. The molecule has 3 nitrogen and oxygen atoms in total. The zero-order chi connectivity index (χ0) is 12.2. The highest BCUT2D eigenvalue weighted by molar-refractivity contribution is 5.23. The zero-order valence-electron chi connectivity index (χ0n) is 8.71. The van der Waals surface area contributed by atoms with Gasteiger partial charge in [0.15, 0.2) is 0 Å². The highest BCUT2D eigenvalue weighted by atomic mass is 19.4. The Bertz CT molecular complexity index is 352. The van der Waals surface area contributed by atoms with Gasteiger partial charge in [0.1, 0.15) is 6.61 Å². The highest BCUT2D eigenvalue weighted by Crippen LogP contribution is 2.16. The van der Waals surface area contributed by atoms with Crippen molar-refractivity contribution < 1.29 is 23.0 Å². The van der Waals surface area contributed by atoms with E-state index in [0.29, 0.717) is 16.8 Å². The number of hydrogen-bond acceptors (Lipinski definition) is 3. The number of aryl methyl sites for hydroxylation is 1. The first-order chi connectivity index (χ1) is 7.42. The van der Waals surface area contributed by atoms with Gasteiger partial charge in [-0.1, -0.05) is 6.07 Å². The van der Waals surface area contributed by atoms with E-state index < -0.39 is 12.8 Å². The van der Waals surface area contributed by atoms with Crippen molar-refractivity contribution in [1.82, 2.24) is 4.98 Å². The number of halogens is 3. The van der Waals surface area contributed by atoms with Gasteiger partial charge in [-0.2, -0.15) is 13.2 Å². The molecular formula is C10H12F3NO2. The molecule has 0 unspecified atom stereocenters. The summed E-state index contributed by atoms with van der Waals surface area (Å²) in [6, 6.07) is 1.67. The SMILES string of the molecule is Cc1cc(CO)cnc1COCC(F)(F)F. The fourth-order valence-corrected chi connectivity index (χ4v) is 1.16. The molecule has 0 spiro atoms. The molecule has 0 atom stereocenters. The van der Waals surface area contributed by atoms with E-state index in [9.17, 15) is 13.2 Å². The van der Waals surface area contributed by atoms with Gasteiger partial charge < -0.3 is 9.84 Å². The third-order valence-electron chi connectivity index (χ3n) is 1.93. The molecule has 16 heavy (non-hydrogen) atoms. The molecule has 0 saturated carbocycles. The summed E-state index contributed by atoms with van der Waals surface area (Å²) in [6.07, 6.45) is -2.90. The van der Waals surface area contributed by atoms with Crippen molar-refractivity contribution in [3.8, 4) is 0 Å². The van der Waals surface area contributed by atoms with Crippen LogP contribution in [0.25, 0.3) is 0 Å². The van der Waals surface area contributed by atoms with E-state index in [4.69, 9.17) is 5.11 Å². The third kappa shape index (κ3) is 4.16. The maximum Gasteiger partial charge on any atom is 0.411 e. The molecule has 90 valence electrons. The first-order valence-corrected chi connectivity index (χ1v) is 4.62. The monoisotopic (exact) mass is 235 g/mol. The summed E-state index contributed by atoms with van der Waals surface area (Å²) in [5, 5.41) is 8.82. The second-order valence-electron chi connectivity index (χ2n) is 3.37. The Hall–Kier alpha value is -1.14. The predicted molar refractivity (Wildman–Crippen MR) is 50.6 cm³/mol. The van der Waals surface area contributed by atoms with Gasteiger partial charge in [0.05, 0.1) is 18.9 Å². The minimum atomic E-state index is -4.32. The van der Waals surface area contributed by atoms with Crippen molar-refractivity contribution in [2.75, 3.05) is 6.61 Å². The number of alkyl halides is 3. The Morgan fingerprint density at radius 3 is 2.62 bits per heavy atom. The molecule has 1 aromatic rings. The molecule has 0 amide bonds. The number of ether oxygens (including phenoxy) is 1. The Balaban J connectivity index is 2.55. The number of aromatic nitrogens is 1. The van der Waals surface area contributed by atoms with Crippen LogP contribution in [0.2, 0.25) is 0 Å². The van der Waals surface area contributed by atoms with Gasteiger partial charge in [0, 0.05) is 6.20 Å². The Morgan fingerprint density at radius 2 is 2.12 bits per heavy atom. The number of nitrogens with zero attached hydrogens (tertiary/aromatic N) is 1. The lowest BCUT2D eigenvalue weighted by atomic mass is 10.1. The van der Waals surface area contributed by atoms with E-state index in [1.807, 2.05) is 0 Å². The normalized spacial score (nSPS) is 11.8. The van der Waals surface area contributed by atoms with Gasteiger partial charge in [0.25, 0.3) is 0 Å². The number of aliphatic hydroxyl groups is 1. The highest BCUT2D eigenvalue weighted by Gasteiger charge is 2.27. The van der Waals surface area contributed by atoms with Crippen LogP contribution >= 0.6 is 0 Å². The lowest BCUT2D eigenvalue weighted by Crippen LogP contribution is -2.17. The molecule has 0 aliphatic rings. The molecule has 6 heteroatoms. The second-order valence-corrected chi connectivity index (χ2v) is 3.37. The van der Waals surface area contributed by atoms with Crippen molar-refractivity contribution in [2.24, 2.45) is 0 Å². The van der Waals surface area contributed by atoms with Crippen LogP contribution in [0.1, 0.15) is 16.8 Å². The lowest BCUT2D eigenvalue weighted by Gasteiger charge is -2.09. The Morgan fingerprint density at radius 1 is 1.44 bits per heavy atom. The number of pyridine rings is 1. The summed E-state index contributed by atoms with van der Waals surface area (Å²) in [4.78, 5) is 3.92. The minimum absolute atomic E-state index is 0.141. The number of rotatable bonds is 4. The van der Waals surface area contributed by atoms with Crippen LogP contribution in [0.3, 0.4) is 0 Å². The van der Waals surface area contributed by atoms with Gasteiger partial charge in [-0.15, -0.1) is 0 Å². The maximum atomic E-state index is 11.8. The van der Waals surface area contributed by atoms with E-state index in [1.165, 1.54) is 6.20 Å². The summed E-state index contributed by atoms with van der Waals surface area (Å²) < 4.78 is 39.9. The summed E-state index contributed by atoms with van der Waals surface area (Å²) in [6.45, 7) is 0.100. The van der Waals surface area contributed by atoms with Crippen molar-refractivity contribution >= 4 is 0 Å². The van der Waals surface area contributed by atoms with E-state index in [0.717, 1.165) is 0 Å². The van der Waals surface area contributed by atoms with Crippen molar-refractivity contribution in [3.63, 3.8) is 0 Å². The fraction of sp³-hybridized carbons (Fsp3) is 0.500. The van der Waals surface area contributed by atoms with Crippen molar-refractivity contribution in [2.45, 2.75) is 26.3 Å².